The zero-order valence-corrected chi connectivity index (χ0v) is 12.2. The third-order valence-electron chi connectivity index (χ3n) is 4.09. The van der Waals surface area contributed by atoms with Crippen LogP contribution in [0.25, 0.3) is 11.5 Å². The standard InChI is InChI=1S/C16H20N2O3/c1-20-14-9-8-12(10-13(14)19)16-17-15(18-21-16)11-6-4-2-3-5-7-11/h8-11,19H,2-7H2,1H3. The van der Waals surface area contributed by atoms with E-state index in [2.05, 4.69) is 10.1 Å². The summed E-state index contributed by atoms with van der Waals surface area (Å²) in [6, 6.07) is 5.09. The van der Waals surface area contributed by atoms with Gasteiger partial charge in [-0.3, -0.25) is 0 Å². The molecular formula is C16H20N2O3. The number of ether oxygens (including phenoxy) is 1. The van der Waals surface area contributed by atoms with E-state index in [1.165, 1.54) is 32.8 Å². The quantitative estimate of drug-likeness (QED) is 0.868. The molecule has 112 valence electrons. The van der Waals surface area contributed by atoms with Crippen molar-refractivity contribution in [2.45, 2.75) is 44.4 Å². The second-order valence-corrected chi connectivity index (χ2v) is 5.53. The maximum Gasteiger partial charge on any atom is 0.258 e. The van der Waals surface area contributed by atoms with Crippen molar-refractivity contribution in [1.29, 1.82) is 0 Å². The summed E-state index contributed by atoms with van der Waals surface area (Å²) in [7, 11) is 1.52. The molecule has 21 heavy (non-hydrogen) atoms. The Bertz CT molecular complexity index is 601. The average molecular weight is 288 g/mol. The van der Waals surface area contributed by atoms with Crippen LogP contribution in [0.3, 0.4) is 0 Å². The van der Waals surface area contributed by atoms with E-state index in [-0.39, 0.29) is 5.75 Å². The Morgan fingerprint density at radius 3 is 2.62 bits per heavy atom. The van der Waals surface area contributed by atoms with E-state index in [1.807, 2.05) is 6.07 Å². The maximum atomic E-state index is 9.83. The molecule has 0 amide bonds. The molecule has 1 aromatic carbocycles. The summed E-state index contributed by atoms with van der Waals surface area (Å²) < 4.78 is 10.4. The van der Waals surface area contributed by atoms with Crippen molar-refractivity contribution in [3.63, 3.8) is 0 Å². The lowest BCUT2D eigenvalue weighted by Gasteiger charge is -2.07. The number of aromatic hydroxyl groups is 1. The van der Waals surface area contributed by atoms with Crippen LogP contribution >= 0.6 is 0 Å². The van der Waals surface area contributed by atoms with Gasteiger partial charge in [-0.25, -0.2) is 0 Å². The SMILES string of the molecule is COc1ccc(-c2nc(C3CCCCCC3)no2)cc1O. The topological polar surface area (TPSA) is 68.4 Å². The van der Waals surface area contributed by atoms with Crippen LogP contribution in [0, 0.1) is 0 Å². The third kappa shape index (κ3) is 3.01. The van der Waals surface area contributed by atoms with Gasteiger partial charge in [-0.1, -0.05) is 30.8 Å². The molecule has 5 nitrogen and oxygen atoms in total. The molecule has 0 unspecified atom stereocenters. The summed E-state index contributed by atoms with van der Waals surface area (Å²) in [5.41, 5.74) is 0.709. The molecule has 1 N–H and O–H groups in total. The zero-order valence-electron chi connectivity index (χ0n) is 12.2. The summed E-state index contributed by atoms with van der Waals surface area (Å²) in [4.78, 5) is 4.51. The van der Waals surface area contributed by atoms with E-state index in [9.17, 15) is 5.11 Å². The van der Waals surface area contributed by atoms with Gasteiger partial charge in [0, 0.05) is 11.5 Å². The fourth-order valence-electron chi connectivity index (χ4n) is 2.88. The first-order chi connectivity index (χ1) is 10.3. The van der Waals surface area contributed by atoms with Gasteiger partial charge in [0.2, 0.25) is 0 Å². The van der Waals surface area contributed by atoms with Crippen LogP contribution in [-0.4, -0.2) is 22.4 Å². The largest absolute Gasteiger partial charge is 0.504 e. The van der Waals surface area contributed by atoms with Crippen molar-refractivity contribution in [3.8, 4) is 23.0 Å². The summed E-state index contributed by atoms with van der Waals surface area (Å²) in [5.74, 6) is 2.15. The highest BCUT2D eigenvalue weighted by Crippen LogP contribution is 2.33. The van der Waals surface area contributed by atoms with Gasteiger partial charge in [-0.2, -0.15) is 4.98 Å². The van der Waals surface area contributed by atoms with Crippen LogP contribution in [0.2, 0.25) is 0 Å². The normalized spacial score (nSPS) is 16.6. The van der Waals surface area contributed by atoms with Gasteiger partial charge in [0.25, 0.3) is 5.89 Å². The molecule has 0 bridgehead atoms. The molecule has 1 saturated carbocycles. The first-order valence-corrected chi connectivity index (χ1v) is 7.49. The van der Waals surface area contributed by atoms with E-state index in [4.69, 9.17) is 9.26 Å². The second kappa shape index (κ2) is 6.16. The van der Waals surface area contributed by atoms with Crippen molar-refractivity contribution in [3.05, 3.63) is 24.0 Å². The third-order valence-corrected chi connectivity index (χ3v) is 4.09. The summed E-state index contributed by atoms with van der Waals surface area (Å²) in [6.07, 6.45) is 7.33. The minimum atomic E-state index is 0.0733. The zero-order chi connectivity index (χ0) is 14.7. The predicted molar refractivity (Wildman–Crippen MR) is 78.4 cm³/mol. The molecular weight excluding hydrogens is 268 g/mol. The number of hydrogen-bond acceptors (Lipinski definition) is 5. The first-order valence-electron chi connectivity index (χ1n) is 7.49. The number of benzene rings is 1. The monoisotopic (exact) mass is 288 g/mol. The average Bonchev–Trinajstić information content (AvgIpc) is 2.83. The van der Waals surface area contributed by atoms with E-state index in [0.29, 0.717) is 23.1 Å². The molecule has 5 heteroatoms. The lowest BCUT2D eigenvalue weighted by atomic mass is 10.00. The highest BCUT2D eigenvalue weighted by atomic mass is 16.5. The number of rotatable bonds is 3. The molecule has 3 rings (SSSR count). The summed E-state index contributed by atoms with van der Waals surface area (Å²) in [6.45, 7) is 0. The summed E-state index contributed by atoms with van der Waals surface area (Å²) >= 11 is 0. The minimum absolute atomic E-state index is 0.0733. The maximum absolute atomic E-state index is 9.83. The number of phenolic OH excluding ortho intramolecular Hbond substituents is 1. The highest BCUT2D eigenvalue weighted by Gasteiger charge is 2.20. The molecule has 1 aliphatic carbocycles. The molecule has 0 atom stereocenters. The van der Waals surface area contributed by atoms with Crippen LogP contribution < -0.4 is 4.74 Å². The fourth-order valence-corrected chi connectivity index (χ4v) is 2.88. The van der Waals surface area contributed by atoms with E-state index < -0.39 is 0 Å². The lowest BCUT2D eigenvalue weighted by Crippen LogP contribution is -1.99. The van der Waals surface area contributed by atoms with Crippen LogP contribution in [0.15, 0.2) is 22.7 Å². The predicted octanol–water partition coefficient (Wildman–Crippen LogP) is 3.89. The van der Waals surface area contributed by atoms with Crippen molar-refractivity contribution in [1.82, 2.24) is 10.1 Å². The van der Waals surface area contributed by atoms with Crippen molar-refractivity contribution in [2.75, 3.05) is 7.11 Å². The first kappa shape index (κ1) is 13.9. The number of phenols is 1. The van der Waals surface area contributed by atoms with Gasteiger partial charge in [-0.15, -0.1) is 0 Å². The van der Waals surface area contributed by atoms with E-state index in [1.54, 1.807) is 12.1 Å². The Kier molecular flexibility index (Phi) is 4.08. The number of hydrogen-bond donors (Lipinski definition) is 1. The Morgan fingerprint density at radius 1 is 1.19 bits per heavy atom. The fraction of sp³-hybridized carbons (Fsp3) is 0.500. The molecule has 1 fully saturated rings. The smallest absolute Gasteiger partial charge is 0.258 e. The van der Waals surface area contributed by atoms with Crippen molar-refractivity contribution < 1.29 is 14.4 Å². The minimum Gasteiger partial charge on any atom is -0.504 e. The van der Waals surface area contributed by atoms with Crippen LogP contribution in [0.1, 0.15) is 50.3 Å². The van der Waals surface area contributed by atoms with E-state index in [0.717, 1.165) is 18.7 Å². The lowest BCUT2D eigenvalue weighted by molar-refractivity contribution is 0.373. The van der Waals surface area contributed by atoms with Gasteiger partial charge < -0.3 is 14.4 Å². The van der Waals surface area contributed by atoms with Gasteiger partial charge in [0.15, 0.2) is 17.3 Å². The van der Waals surface area contributed by atoms with E-state index >= 15 is 0 Å². The molecule has 0 radical (unpaired) electrons. The highest BCUT2D eigenvalue weighted by molar-refractivity contribution is 5.59. The Balaban J connectivity index is 1.82. The summed E-state index contributed by atoms with van der Waals surface area (Å²) in [5, 5.41) is 14.0. The van der Waals surface area contributed by atoms with Gasteiger partial charge in [-0.05, 0) is 31.0 Å². The molecule has 0 saturated heterocycles. The number of nitrogens with zero attached hydrogens (tertiary/aromatic N) is 2. The Labute approximate surface area is 123 Å². The van der Waals surface area contributed by atoms with Crippen molar-refractivity contribution >= 4 is 0 Å². The molecule has 1 aromatic heterocycles. The molecule has 1 aliphatic rings. The molecule has 2 aromatic rings. The van der Waals surface area contributed by atoms with Crippen molar-refractivity contribution in [2.24, 2.45) is 0 Å². The Morgan fingerprint density at radius 2 is 1.95 bits per heavy atom. The van der Waals surface area contributed by atoms with Gasteiger partial charge in [0.1, 0.15) is 0 Å². The molecule has 0 aliphatic heterocycles. The van der Waals surface area contributed by atoms with Gasteiger partial charge in [0.05, 0.1) is 7.11 Å². The Hall–Kier alpha value is -2.04. The van der Waals surface area contributed by atoms with Crippen LogP contribution in [0.5, 0.6) is 11.5 Å². The van der Waals surface area contributed by atoms with Gasteiger partial charge >= 0.3 is 0 Å². The second-order valence-electron chi connectivity index (χ2n) is 5.53. The van der Waals surface area contributed by atoms with Crippen LogP contribution in [0.4, 0.5) is 0 Å². The molecule has 1 heterocycles. The number of methoxy groups -OCH3 is 1. The number of aromatic nitrogens is 2. The van der Waals surface area contributed by atoms with Crippen LogP contribution in [-0.2, 0) is 0 Å². The molecule has 0 spiro atoms.